The van der Waals surface area contributed by atoms with E-state index in [1.165, 1.54) is 31.4 Å². The Morgan fingerprint density at radius 2 is 1.74 bits per heavy atom. The van der Waals surface area contributed by atoms with E-state index in [1.807, 2.05) is 0 Å². The Labute approximate surface area is 136 Å². The molecule has 4 nitrogen and oxygen atoms in total. The van der Waals surface area contributed by atoms with Gasteiger partial charge in [-0.1, -0.05) is 31.4 Å². The highest BCUT2D eigenvalue weighted by atomic mass is 19.1. The summed E-state index contributed by atoms with van der Waals surface area (Å²) < 4.78 is 12.8. The van der Waals surface area contributed by atoms with Gasteiger partial charge < -0.3 is 10.6 Å². The number of hydrogen-bond donors (Lipinski definition) is 2. The van der Waals surface area contributed by atoms with Crippen LogP contribution in [0.25, 0.3) is 0 Å². The summed E-state index contributed by atoms with van der Waals surface area (Å²) in [6, 6.07) is 6.57. The summed E-state index contributed by atoms with van der Waals surface area (Å²) in [5, 5.41) is 5.63. The second kappa shape index (κ2) is 9.28. The van der Waals surface area contributed by atoms with E-state index >= 15 is 0 Å². The lowest BCUT2D eigenvalue weighted by Crippen LogP contribution is -2.42. The molecule has 0 saturated heterocycles. The standard InChI is InChI=1S/C18H25FN2O2/c19-15-11-9-14(10-12-15)5-4-8-17(22)20-13-18(23)21-16-6-2-1-3-7-16/h9-12,16H,1-8,13H2,(H,20,22)(H,21,23). The monoisotopic (exact) mass is 320 g/mol. The van der Waals surface area contributed by atoms with Gasteiger partial charge in [0, 0.05) is 12.5 Å². The summed E-state index contributed by atoms with van der Waals surface area (Å²) in [6.07, 6.45) is 7.44. The Hall–Kier alpha value is -1.91. The van der Waals surface area contributed by atoms with E-state index < -0.39 is 0 Å². The number of amides is 2. The van der Waals surface area contributed by atoms with Crippen LogP contribution in [0.5, 0.6) is 0 Å². The van der Waals surface area contributed by atoms with Crippen molar-refractivity contribution in [1.29, 1.82) is 0 Å². The van der Waals surface area contributed by atoms with Crippen molar-refractivity contribution in [3.05, 3.63) is 35.6 Å². The summed E-state index contributed by atoms with van der Waals surface area (Å²) in [6.45, 7) is 0.0475. The van der Waals surface area contributed by atoms with E-state index in [1.54, 1.807) is 12.1 Å². The first kappa shape index (κ1) is 17.4. The largest absolute Gasteiger partial charge is 0.352 e. The maximum Gasteiger partial charge on any atom is 0.239 e. The van der Waals surface area contributed by atoms with E-state index in [2.05, 4.69) is 10.6 Å². The maximum atomic E-state index is 12.8. The lowest BCUT2D eigenvalue weighted by Gasteiger charge is -2.22. The molecular formula is C18H25FN2O2. The average Bonchev–Trinajstić information content (AvgIpc) is 2.56. The summed E-state index contributed by atoms with van der Waals surface area (Å²) in [7, 11) is 0. The lowest BCUT2D eigenvalue weighted by molar-refractivity contribution is -0.126. The summed E-state index contributed by atoms with van der Waals surface area (Å²) >= 11 is 0. The number of carbonyl (C=O) groups excluding carboxylic acids is 2. The SMILES string of the molecule is O=C(CCCc1ccc(F)cc1)NCC(=O)NC1CCCCC1. The molecule has 0 spiro atoms. The van der Waals surface area contributed by atoms with Gasteiger partial charge in [-0.3, -0.25) is 9.59 Å². The van der Waals surface area contributed by atoms with Crippen LogP contribution in [0, 0.1) is 5.82 Å². The fourth-order valence-electron chi connectivity index (χ4n) is 2.90. The van der Waals surface area contributed by atoms with Gasteiger partial charge >= 0.3 is 0 Å². The Bertz CT molecular complexity index is 510. The maximum absolute atomic E-state index is 12.8. The Kier molecular flexibility index (Phi) is 7.04. The van der Waals surface area contributed by atoms with Crippen LogP contribution in [0.4, 0.5) is 4.39 Å². The van der Waals surface area contributed by atoms with Crippen molar-refractivity contribution in [1.82, 2.24) is 10.6 Å². The zero-order valence-electron chi connectivity index (χ0n) is 13.4. The third-order valence-electron chi connectivity index (χ3n) is 4.20. The fourth-order valence-corrected chi connectivity index (χ4v) is 2.90. The molecule has 2 N–H and O–H groups in total. The highest BCUT2D eigenvalue weighted by Gasteiger charge is 2.15. The molecule has 1 aliphatic carbocycles. The van der Waals surface area contributed by atoms with Gasteiger partial charge in [-0.25, -0.2) is 4.39 Å². The highest BCUT2D eigenvalue weighted by Crippen LogP contribution is 2.17. The molecule has 1 aromatic rings. The molecule has 0 radical (unpaired) electrons. The summed E-state index contributed by atoms with van der Waals surface area (Å²) in [5.74, 6) is -0.481. The van der Waals surface area contributed by atoms with Gasteiger partial charge in [0.25, 0.3) is 0 Å². The molecule has 23 heavy (non-hydrogen) atoms. The number of rotatable bonds is 7. The predicted molar refractivity (Wildman–Crippen MR) is 87.4 cm³/mol. The van der Waals surface area contributed by atoms with Crippen LogP contribution in [0.3, 0.4) is 0 Å². The van der Waals surface area contributed by atoms with Crippen LogP contribution in [0.2, 0.25) is 0 Å². The number of aryl methyl sites for hydroxylation is 1. The zero-order valence-corrected chi connectivity index (χ0v) is 13.4. The van der Waals surface area contributed by atoms with Gasteiger partial charge in [0.1, 0.15) is 5.82 Å². The Morgan fingerprint density at radius 3 is 2.43 bits per heavy atom. The topological polar surface area (TPSA) is 58.2 Å². The summed E-state index contributed by atoms with van der Waals surface area (Å²) in [4.78, 5) is 23.5. The molecule has 2 rings (SSSR count). The second-order valence-electron chi connectivity index (χ2n) is 6.16. The third kappa shape index (κ3) is 6.80. The van der Waals surface area contributed by atoms with E-state index in [0.29, 0.717) is 12.8 Å². The predicted octanol–water partition coefficient (Wildman–Crippen LogP) is 2.71. The molecule has 0 atom stereocenters. The highest BCUT2D eigenvalue weighted by molar-refractivity contribution is 5.84. The van der Waals surface area contributed by atoms with Gasteiger partial charge in [0.15, 0.2) is 0 Å². The minimum atomic E-state index is -0.254. The first-order valence-corrected chi connectivity index (χ1v) is 8.44. The van der Waals surface area contributed by atoms with E-state index in [9.17, 15) is 14.0 Å². The normalized spacial score (nSPS) is 15.2. The van der Waals surface area contributed by atoms with Crippen LogP contribution in [0.1, 0.15) is 50.5 Å². The van der Waals surface area contributed by atoms with Crippen molar-refractivity contribution in [2.24, 2.45) is 0 Å². The second-order valence-corrected chi connectivity index (χ2v) is 6.16. The smallest absolute Gasteiger partial charge is 0.239 e. The number of nitrogens with one attached hydrogen (secondary N) is 2. The van der Waals surface area contributed by atoms with Gasteiger partial charge in [-0.2, -0.15) is 0 Å². The first-order valence-electron chi connectivity index (χ1n) is 8.44. The Balaban J connectivity index is 1.57. The molecule has 0 unspecified atom stereocenters. The van der Waals surface area contributed by atoms with Crippen LogP contribution < -0.4 is 10.6 Å². The molecule has 1 saturated carbocycles. The van der Waals surface area contributed by atoms with Crippen LogP contribution in [0.15, 0.2) is 24.3 Å². The van der Waals surface area contributed by atoms with E-state index in [-0.39, 0.29) is 30.2 Å². The van der Waals surface area contributed by atoms with Gasteiger partial charge in [-0.15, -0.1) is 0 Å². The molecule has 1 aliphatic rings. The number of benzene rings is 1. The molecule has 0 bridgehead atoms. The Morgan fingerprint density at radius 1 is 1.04 bits per heavy atom. The van der Waals surface area contributed by atoms with Crippen LogP contribution >= 0.6 is 0 Å². The molecule has 5 heteroatoms. The number of halogens is 1. The molecule has 1 fully saturated rings. The summed E-state index contributed by atoms with van der Waals surface area (Å²) in [5.41, 5.74) is 1.01. The minimum Gasteiger partial charge on any atom is -0.352 e. The number of hydrogen-bond acceptors (Lipinski definition) is 2. The van der Waals surface area contributed by atoms with Crippen molar-refractivity contribution >= 4 is 11.8 Å². The van der Waals surface area contributed by atoms with Gasteiger partial charge in [-0.05, 0) is 43.4 Å². The molecule has 0 aliphatic heterocycles. The zero-order chi connectivity index (χ0) is 16.5. The van der Waals surface area contributed by atoms with Crippen molar-refractivity contribution in [3.8, 4) is 0 Å². The molecule has 126 valence electrons. The quantitative estimate of drug-likeness (QED) is 0.811. The molecule has 0 aromatic heterocycles. The van der Waals surface area contributed by atoms with Gasteiger partial charge in [0.05, 0.1) is 6.54 Å². The molecule has 2 amide bonds. The lowest BCUT2D eigenvalue weighted by atomic mass is 9.95. The molecule has 0 heterocycles. The van der Waals surface area contributed by atoms with Crippen molar-refractivity contribution in [2.75, 3.05) is 6.54 Å². The van der Waals surface area contributed by atoms with Crippen molar-refractivity contribution < 1.29 is 14.0 Å². The van der Waals surface area contributed by atoms with E-state index in [4.69, 9.17) is 0 Å². The average molecular weight is 320 g/mol. The van der Waals surface area contributed by atoms with Gasteiger partial charge in [0.2, 0.25) is 11.8 Å². The molecule has 1 aromatic carbocycles. The first-order chi connectivity index (χ1) is 11.1. The van der Waals surface area contributed by atoms with Crippen LogP contribution in [-0.4, -0.2) is 24.4 Å². The van der Waals surface area contributed by atoms with Crippen molar-refractivity contribution in [2.45, 2.75) is 57.4 Å². The van der Waals surface area contributed by atoms with Crippen molar-refractivity contribution in [3.63, 3.8) is 0 Å². The van der Waals surface area contributed by atoms with E-state index in [0.717, 1.165) is 24.8 Å². The molecular weight excluding hydrogens is 295 g/mol. The number of carbonyl (C=O) groups is 2. The third-order valence-corrected chi connectivity index (χ3v) is 4.20. The fraction of sp³-hybridized carbons (Fsp3) is 0.556. The van der Waals surface area contributed by atoms with Crippen LogP contribution in [-0.2, 0) is 16.0 Å². The minimum absolute atomic E-state index is 0.0475.